The maximum atomic E-state index is 6.06. The number of hydrogen-bond acceptors (Lipinski definition) is 2. The van der Waals surface area contributed by atoms with Gasteiger partial charge in [-0.15, -0.1) is 0 Å². The summed E-state index contributed by atoms with van der Waals surface area (Å²) < 4.78 is 0. The first kappa shape index (κ1) is 11.1. The molecule has 0 aliphatic heterocycles. The first-order chi connectivity index (χ1) is 7.74. The van der Waals surface area contributed by atoms with Crippen molar-refractivity contribution in [2.24, 2.45) is 5.73 Å². The number of rotatable bonds is 3. The van der Waals surface area contributed by atoms with Gasteiger partial charge in [0.05, 0.1) is 0 Å². The molecule has 0 amide bonds. The van der Waals surface area contributed by atoms with Crippen molar-refractivity contribution in [1.82, 2.24) is 0 Å². The molecule has 0 unspecified atom stereocenters. The van der Waals surface area contributed by atoms with E-state index < -0.39 is 0 Å². The zero-order valence-electron chi connectivity index (χ0n) is 9.92. The van der Waals surface area contributed by atoms with Crippen molar-refractivity contribution < 1.29 is 0 Å². The van der Waals surface area contributed by atoms with Crippen LogP contribution in [-0.4, -0.2) is 0 Å². The molecular formula is C14H20N2. The highest BCUT2D eigenvalue weighted by atomic mass is 14.6. The minimum Gasteiger partial charge on any atom is -0.401 e. The molecule has 0 bridgehead atoms. The Hall–Kier alpha value is -1.44. The molecular weight excluding hydrogens is 196 g/mol. The molecule has 0 atom stereocenters. The second-order valence-corrected chi connectivity index (χ2v) is 4.47. The average molecular weight is 216 g/mol. The van der Waals surface area contributed by atoms with Crippen LogP contribution >= 0.6 is 0 Å². The Labute approximate surface area is 96.6 Å². The van der Waals surface area contributed by atoms with E-state index in [1.54, 1.807) is 0 Å². The normalized spacial score (nSPS) is 14.4. The van der Waals surface area contributed by atoms with E-state index in [1.807, 2.05) is 6.07 Å². The van der Waals surface area contributed by atoms with Crippen LogP contribution in [0.15, 0.2) is 12.1 Å². The Morgan fingerprint density at radius 1 is 1.25 bits per heavy atom. The van der Waals surface area contributed by atoms with Gasteiger partial charge < -0.3 is 11.5 Å². The van der Waals surface area contributed by atoms with Crippen LogP contribution in [0.3, 0.4) is 0 Å². The van der Waals surface area contributed by atoms with Crippen LogP contribution in [0.5, 0.6) is 0 Å². The summed E-state index contributed by atoms with van der Waals surface area (Å²) in [4.78, 5) is 0. The summed E-state index contributed by atoms with van der Waals surface area (Å²) in [7, 11) is 0. The van der Waals surface area contributed by atoms with Crippen LogP contribution in [0.25, 0.3) is 11.8 Å². The highest BCUT2D eigenvalue weighted by Crippen LogP contribution is 2.07. The van der Waals surface area contributed by atoms with Gasteiger partial charge in [0.2, 0.25) is 0 Å². The molecule has 0 saturated heterocycles. The summed E-state index contributed by atoms with van der Waals surface area (Å²) in [5.74, 6) is 0. The van der Waals surface area contributed by atoms with E-state index in [-0.39, 0.29) is 0 Å². The fourth-order valence-electron chi connectivity index (χ4n) is 2.35. The summed E-state index contributed by atoms with van der Waals surface area (Å²) in [6, 6.07) is 4.15. The van der Waals surface area contributed by atoms with Crippen molar-refractivity contribution in [3.63, 3.8) is 0 Å². The van der Waals surface area contributed by atoms with E-state index in [2.05, 4.69) is 19.1 Å². The quantitative estimate of drug-likeness (QED) is 0.747. The van der Waals surface area contributed by atoms with Gasteiger partial charge in [-0.05, 0) is 42.5 Å². The second kappa shape index (κ2) is 4.60. The van der Waals surface area contributed by atoms with Gasteiger partial charge in [-0.25, -0.2) is 0 Å². The second-order valence-electron chi connectivity index (χ2n) is 4.47. The Kier molecular flexibility index (Phi) is 3.18. The fourth-order valence-corrected chi connectivity index (χ4v) is 2.35. The molecule has 0 heterocycles. The van der Waals surface area contributed by atoms with E-state index in [9.17, 15) is 0 Å². The molecule has 0 radical (unpaired) electrons. The highest BCUT2D eigenvalue weighted by molar-refractivity contribution is 5.58. The van der Waals surface area contributed by atoms with E-state index in [0.717, 1.165) is 35.9 Å². The molecule has 0 spiro atoms. The van der Waals surface area contributed by atoms with Crippen LogP contribution in [-0.2, 0) is 6.42 Å². The summed E-state index contributed by atoms with van der Waals surface area (Å²) in [5.41, 5.74) is 15.2. The summed E-state index contributed by atoms with van der Waals surface area (Å²) in [6.45, 7) is 2.22. The third kappa shape index (κ3) is 1.92. The lowest BCUT2D eigenvalue weighted by Gasteiger charge is -2.12. The Balaban J connectivity index is 2.60. The molecule has 0 fully saturated rings. The van der Waals surface area contributed by atoms with E-state index in [1.165, 1.54) is 23.6 Å². The molecule has 2 nitrogen and oxygen atoms in total. The van der Waals surface area contributed by atoms with Crippen molar-refractivity contribution in [3.8, 4) is 0 Å². The van der Waals surface area contributed by atoms with Gasteiger partial charge in [-0.2, -0.15) is 0 Å². The first-order valence-corrected chi connectivity index (χ1v) is 6.10. The maximum Gasteiger partial charge on any atom is 0.0411 e. The number of nitrogen functional groups attached to an aromatic ring is 1. The van der Waals surface area contributed by atoms with Crippen molar-refractivity contribution >= 4 is 17.5 Å². The Bertz CT molecular complexity index is 500. The molecule has 0 aromatic heterocycles. The molecule has 1 aliphatic rings. The highest BCUT2D eigenvalue weighted by Gasteiger charge is 2.07. The minimum atomic E-state index is 0.823. The summed E-state index contributed by atoms with van der Waals surface area (Å²) in [5, 5.41) is 2.39. The van der Waals surface area contributed by atoms with Gasteiger partial charge >= 0.3 is 0 Å². The lowest BCUT2D eigenvalue weighted by molar-refractivity contribution is 0.790. The summed E-state index contributed by atoms with van der Waals surface area (Å²) in [6.07, 6.45) is 7.84. The van der Waals surface area contributed by atoms with Crippen LogP contribution in [0.1, 0.15) is 38.2 Å². The predicted molar refractivity (Wildman–Crippen MR) is 70.0 cm³/mol. The SMILES string of the molecule is CCCCc1ccc(N)c2c1=CCCC=2N. The van der Waals surface area contributed by atoms with Crippen LogP contribution in [0, 0.1) is 0 Å². The fraction of sp³-hybridized carbons (Fsp3) is 0.429. The molecule has 1 aromatic rings. The topological polar surface area (TPSA) is 52.0 Å². The molecule has 16 heavy (non-hydrogen) atoms. The molecule has 1 aromatic carbocycles. The van der Waals surface area contributed by atoms with E-state index in [0.29, 0.717) is 0 Å². The lowest BCUT2D eigenvalue weighted by atomic mass is 9.97. The van der Waals surface area contributed by atoms with E-state index >= 15 is 0 Å². The van der Waals surface area contributed by atoms with Gasteiger partial charge in [-0.3, -0.25) is 0 Å². The zero-order valence-corrected chi connectivity index (χ0v) is 9.92. The molecule has 0 saturated carbocycles. The van der Waals surface area contributed by atoms with Crippen molar-refractivity contribution in [2.75, 3.05) is 5.73 Å². The Morgan fingerprint density at radius 2 is 2.06 bits per heavy atom. The third-order valence-electron chi connectivity index (χ3n) is 3.25. The maximum absolute atomic E-state index is 6.06. The first-order valence-electron chi connectivity index (χ1n) is 6.10. The van der Waals surface area contributed by atoms with Crippen LogP contribution in [0.2, 0.25) is 0 Å². The smallest absolute Gasteiger partial charge is 0.0411 e. The van der Waals surface area contributed by atoms with Gasteiger partial charge in [0.15, 0.2) is 0 Å². The van der Waals surface area contributed by atoms with Crippen LogP contribution in [0.4, 0.5) is 5.69 Å². The van der Waals surface area contributed by atoms with Crippen LogP contribution < -0.4 is 21.9 Å². The third-order valence-corrected chi connectivity index (χ3v) is 3.25. The standard InChI is InChI=1S/C14H20N2/c1-2-3-5-10-8-9-13(16)14-11(10)6-4-7-12(14)15/h6,8-9H,2-5,7,15-16H2,1H3. The molecule has 2 rings (SSSR count). The number of aryl methyl sites for hydroxylation is 1. The molecule has 2 heteroatoms. The number of nitrogens with two attached hydrogens (primary N) is 2. The van der Waals surface area contributed by atoms with Crippen molar-refractivity contribution in [2.45, 2.75) is 39.0 Å². The van der Waals surface area contributed by atoms with E-state index in [4.69, 9.17) is 11.5 Å². The van der Waals surface area contributed by atoms with Crippen molar-refractivity contribution in [1.29, 1.82) is 0 Å². The van der Waals surface area contributed by atoms with Gasteiger partial charge in [0.25, 0.3) is 0 Å². The molecule has 1 aliphatic carbocycles. The lowest BCUT2D eigenvalue weighted by Crippen LogP contribution is -2.37. The monoisotopic (exact) mass is 216 g/mol. The largest absolute Gasteiger partial charge is 0.401 e. The zero-order chi connectivity index (χ0) is 11.5. The van der Waals surface area contributed by atoms with Gasteiger partial charge in [-0.1, -0.05) is 25.5 Å². The van der Waals surface area contributed by atoms with Crippen molar-refractivity contribution in [3.05, 3.63) is 28.1 Å². The number of anilines is 1. The predicted octanol–water partition coefficient (Wildman–Crippen LogP) is 1.25. The molecule has 4 N–H and O–H groups in total. The number of hydrogen-bond donors (Lipinski definition) is 2. The number of benzene rings is 1. The summed E-state index contributed by atoms with van der Waals surface area (Å²) >= 11 is 0. The van der Waals surface area contributed by atoms with Gasteiger partial charge in [0.1, 0.15) is 0 Å². The minimum absolute atomic E-state index is 0.823. The number of fused-ring (bicyclic) bond motifs is 1. The number of unbranched alkanes of at least 4 members (excludes halogenated alkanes) is 1. The average Bonchev–Trinajstić information content (AvgIpc) is 2.28. The Morgan fingerprint density at radius 3 is 2.81 bits per heavy atom. The van der Waals surface area contributed by atoms with Gasteiger partial charge in [0, 0.05) is 16.6 Å². The molecule has 86 valence electrons.